The summed E-state index contributed by atoms with van der Waals surface area (Å²) >= 11 is 0. The molecule has 41 heavy (non-hydrogen) atoms. The maximum Gasteiger partial charge on any atom is 0.407 e. The Morgan fingerprint density at radius 1 is 0.976 bits per heavy atom. The molecule has 1 unspecified atom stereocenters. The average molecular weight is 569 g/mol. The van der Waals surface area contributed by atoms with Crippen molar-refractivity contribution < 1.29 is 48.0 Å². The molecule has 3 N–H and O–H groups in total. The van der Waals surface area contributed by atoms with Crippen molar-refractivity contribution in [3.8, 4) is 11.1 Å². The lowest BCUT2D eigenvalue weighted by Gasteiger charge is -2.24. The summed E-state index contributed by atoms with van der Waals surface area (Å²) in [7, 11) is 1.21. The summed E-state index contributed by atoms with van der Waals surface area (Å²) in [6, 6.07) is 14.3. The van der Waals surface area contributed by atoms with Crippen molar-refractivity contribution in [2.24, 2.45) is 0 Å². The summed E-state index contributed by atoms with van der Waals surface area (Å²) in [4.78, 5) is 49.3. The number of esters is 1. The number of ether oxygens (including phenoxy) is 5. The molecule has 0 spiro atoms. The molecule has 5 atom stereocenters. The normalized spacial score (nSPS) is 24.5. The molecule has 218 valence electrons. The first-order chi connectivity index (χ1) is 19.6. The summed E-state index contributed by atoms with van der Waals surface area (Å²) in [5.74, 6) is -3.73. The number of rotatable bonds is 9. The van der Waals surface area contributed by atoms with Crippen LogP contribution in [0.5, 0.6) is 0 Å². The van der Waals surface area contributed by atoms with E-state index in [-0.39, 0.29) is 25.4 Å². The number of hydrogen-bond donors (Lipinski definition) is 3. The monoisotopic (exact) mass is 568 g/mol. The molecule has 2 fully saturated rings. The Kier molecular flexibility index (Phi) is 7.98. The van der Waals surface area contributed by atoms with Crippen LogP contribution in [-0.2, 0) is 38.1 Å². The topological polar surface area (TPSA) is 159 Å². The highest BCUT2D eigenvalue weighted by atomic mass is 16.8. The fourth-order valence-corrected chi connectivity index (χ4v) is 5.57. The molecule has 12 nitrogen and oxygen atoms in total. The average Bonchev–Trinajstić information content (AvgIpc) is 3.55. The second-order valence-electron chi connectivity index (χ2n) is 10.5. The highest BCUT2D eigenvalue weighted by molar-refractivity contribution is 5.82. The van der Waals surface area contributed by atoms with Crippen molar-refractivity contribution >= 4 is 23.9 Å². The Hall–Kier alpha value is -4.00. The predicted octanol–water partition coefficient (Wildman–Crippen LogP) is 2.29. The SMILES string of the molecule is COC(=O)[C@H]1OC(NC(=O)CC[C@H](NC(=O)OCC2c3ccccc3-c3ccccc32)C(=O)O)[C@@H]2OC(C)(C)O[C@H]12. The number of alkyl carbamates (subject to hydrolysis) is 1. The van der Waals surface area contributed by atoms with E-state index in [0.717, 1.165) is 22.3 Å². The minimum Gasteiger partial charge on any atom is -0.480 e. The Morgan fingerprint density at radius 3 is 2.20 bits per heavy atom. The predicted molar refractivity (Wildman–Crippen MR) is 142 cm³/mol. The number of methoxy groups -OCH3 is 1. The van der Waals surface area contributed by atoms with Crippen molar-refractivity contribution in [3.63, 3.8) is 0 Å². The second kappa shape index (κ2) is 11.5. The number of amides is 2. The van der Waals surface area contributed by atoms with Gasteiger partial charge in [0.2, 0.25) is 5.91 Å². The molecule has 0 radical (unpaired) electrons. The standard InChI is InChI=1S/C29H32N2O10/c1-29(2)40-22-23(41-29)25(39-24(22)27(35)37-3)31-21(32)13-12-20(26(33)34)30-28(36)38-14-19-17-10-6-4-8-15(17)16-9-5-7-11-18(16)19/h4-11,19-20,22-25H,12-14H2,1-3H3,(H,30,36)(H,31,32)(H,33,34)/t20-,22-,23+,24-,25?/m0/s1. The molecule has 2 saturated heterocycles. The van der Waals surface area contributed by atoms with E-state index < -0.39 is 60.3 Å². The largest absolute Gasteiger partial charge is 0.480 e. The zero-order chi connectivity index (χ0) is 29.3. The van der Waals surface area contributed by atoms with Gasteiger partial charge in [0.15, 0.2) is 18.1 Å². The molecule has 12 heteroatoms. The Labute approximate surface area is 236 Å². The molecule has 0 aromatic heterocycles. The lowest BCUT2D eigenvalue weighted by molar-refractivity contribution is -0.198. The molecule has 2 aliphatic heterocycles. The highest BCUT2D eigenvalue weighted by Crippen LogP contribution is 2.44. The van der Waals surface area contributed by atoms with Gasteiger partial charge in [-0.05, 0) is 42.5 Å². The first-order valence-corrected chi connectivity index (χ1v) is 13.3. The number of carboxylic acid groups (broad SMARTS) is 1. The smallest absolute Gasteiger partial charge is 0.407 e. The summed E-state index contributed by atoms with van der Waals surface area (Å²) in [6.07, 6.45) is -5.05. The van der Waals surface area contributed by atoms with E-state index in [1.165, 1.54) is 7.11 Å². The van der Waals surface area contributed by atoms with Crippen LogP contribution >= 0.6 is 0 Å². The Balaban J connectivity index is 1.14. The van der Waals surface area contributed by atoms with Crippen LogP contribution in [0.15, 0.2) is 48.5 Å². The van der Waals surface area contributed by atoms with E-state index in [1.807, 2.05) is 48.5 Å². The molecule has 3 aliphatic rings. The van der Waals surface area contributed by atoms with E-state index in [9.17, 15) is 24.3 Å². The number of carboxylic acids is 1. The van der Waals surface area contributed by atoms with Crippen LogP contribution in [0.3, 0.4) is 0 Å². The first kappa shape index (κ1) is 28.5. The molecule has 0 saturated carbocycles. The van der Waals surface area contributed by atoms with Crippen molar-refractivity contribution in [3.05, 3.63) is 59.7 Å². The van der Waals surface area contributed by atoms with Crippen LogP contribution < -0.4 is 10.6 Å². The van der Waals surface area contributed by atoms with Gasteiger partial charge in [-0.15, -0.1) is 0 Å². The number of carbonyl (C=O) groups excluding carboxylic acids is 3. The van der Waals surface area contributed by atoms with Gasteiger partial charge in [-0.25, -0.2) is 14.4 Å². The first-order valence-electron chi connectivity index (χ1n) is 13.3. The maximum atomic E-state index is 12.7. The van der Waals surface area contributed by atoms with Crippen LogP contribution in [0.25, 0.3) is 11.1 Å². The van der Waals surface area contributed by atoms with Crippen molar-refractivity contribution in [2.75, 3.05) is 13.7 Å². The minimum absolute atomic E-state index is 0.0219. The number of nitrogens with one attached hydrogen (secondary N) is 2. The van der Waals surface area contributed by atoms with Crippen LogP contribution in [0.1, 0.15) is 43.7 Å². The summed E-state index contributed by atoms with van der Waals surface area (Å²) in [5.41, 5.74) is 4.19. The zero-order valence-corrected chi connectivity index (χ0v) is 22.8. The van der Waals surface area contributed by atoms with E-state index in [2.05, 4.69) is 10.6 Å². The lowest BCUT2D eigenvalue weighted by atomic mass is 9.98. The quantitative estimate of drug-likeness (QED) is 0.383. The van der Waals surface area contributed by atoms with Gasteiger partial charge in [0.1, 0.15) is 24.9 Å². The van der Waals surface area contributed by atoms with Crippen molar-refractivity contribution in [2.45, 2.75) is 69.0 Å². The molecule has 2 aromatic rings. The molecule has 5 rings (SSSR count). The van der Waals surface area contributed by atoms with Crippen LogP contribution in [0.4, 0.5) is 4.79 Å². The van der Waals surface area contributed by atoms with E-state index >= 15 is 0 Å². The second-order valence-corrected chi connectivity index (χ2v) is 10.5. The summed E-state index contributed by atoms with van der Waals surface area (Å²) in [5, 5.41) is 14.6. The highest BCUT2D eigenvalue weighted by Gasteiger charge is 2.58. The summed E-state index contributed by atoms with van der Waals surface area (Å²) < 4.78 is 27.4. The molecule has 2 amide bonds. The molecule has 0 bridgehead atoms. The van der Waals surface area contributed by atoms with Crippen LogP contribution in [-0.4, -0.2) is 79.1 Å². The molecule has 2 heterocycles. The zero-order valence-electron chi connectivity index (χ0n) is 22.8. The van der Waals surface area contributed by atoms with Crippen molar-refractivity contribution in [1.29, 1.82) is 0 Å². The molecular weight excluding hydrogens is 536 g/mol. The number of hydrogen-bond acceptors (Lipinski definition) is 9. The van der Waals surface area contributed by atoms with Gasteiger partial charge >= 0.3 is 18.0 Å². The number of aliphatic carboxylic acids is 1. The Morgan fingerprint density at radius 2 is 1.59 bits per heavy atom. The number of carbonyl (C=O) groups is 4. The van der Waals surface area contributed by atoms with Crippen LogP contribution in [0.2, 0.25) is 0 Å². The van der Waals surface area contributed by atoms with Crippen molar-refractivity contribution in [1.82, 2.24) is 10.6 Å². The molecular formula is C29H32N2O10. The van der Waals surface area contributed by atoms with Gasteiger partial charge < -0.3 is 39.4 Å². The van der Waals surface area contributed by atoms with Crippen LogP contribution in [0, 0.1) is 0 Å². The van der Waals surface area contributed by atoms with E-state index in [1.54, 1.807) is 13.8 Å². The number of benzene rings is 2. The summed E-state index contributed by atoms with van der Waals surface area (Å²) in [6.45, 7) is 3.37. The molecule has 1 aliphatic carbocycles. The van der Waals surface area contributed by atoms with E-state index in [4.69, 9.17) is 23.7 Å². The van der Waals surface area contributed by atoms with Gasteiger partial charge in [0, 0.05) is 12.3 Å². The lowest BCUT2D eigenvalue weighted by Crippen LogP contribution is -2.45. The molecule has 2 aromatic carbocycles. The fourth-order valence-electron chi connectivity index (χ4n) is 5.57. The third-order valence-corrected chi connectivity index (χ3v) is 7.38. The minimum atomic E-state index is -1.37. The fraction of sp³-hybridized carbons (Fsp3) is 0.448. The van der Waals surface area contributed by atoms with Gasteiger partial charge in [-0.1, -0.05) is 48.5 Å². The maximum absolute atomic E-state index is 12.7. The van der Waals surface area contributed by atoms with E-state index in [0.29, 0.717) is 0 Å². The van der Waals surface area contributed by atoms with Gasteiger partial charge in [0.25, 0.3) is 0 Å². The third kappa shape index (κ3) is 5.90. The van der Waals surface area contributed by atoms with Gasteiger partial charge in [-0.3, -0.25) is 4.79 Å². The third-order valence-electron chi connectivity index (χ3n) is 7.38. The Bertz CT molecular complexity index is 1300. The number of fused-ring (bicyclic) bond motifs is 4. The van der Waals surface area contributed by atoms with Gasteiger partial charge in [-0.2, -0.15) is 0 Å². The van der Waals surface area contributed by atoms with Gasteiger partial charge in [0.05, 0.1) is 7.11 Å².